The maximum Gasteiger partial charge on any atom is 0.0419 e. The van der Waals surface area contributed by atoms with Gasteiger partial charge in [0.05, 0.1) is 0 Å². The van der Waals surface area contributed by atoms with Gasteiger partial charge in [0.15, 0.2) is 0 Å². The van der Waals surface area contributed by atoms with E-state index in [1.54, 1.807) is 11.3 Å². The van der Waals surface area contributed by atoms with Gasteiger partial charge in [0, 0.05) is 6.54 Å². The van der Waals surface area contributed by atoms with Crippen molar-refractivity contribution >= 4 is 22.3 Å². The van der Waals surface area contributed by atoms with E-state index < -0.39 is 11.0 Å². The normalized spacial score (nSPS) is 13.4. The highest BCUT2D eigenvalue weighted by atomic mass is 32.3. The number of nitrogens with one attached hydrogen (secondary N) is 1. The molecule has 0 spiro atoms. The summed E-state index contributed by atoms with van der Waals surface area (Å²) < 4.78 is 19.9. The van der Waals surface area contributed by atoms with Crippen LogP contribution >= 0.6 is 22.3 Å². The molecule has 5 N–H and O–H groups in total. The molecular weight excluding hydrogens is 184 g/mol. The van der Waals surface area contributed by atoms with E-state index in [4.69, 9.17) is 14.2 Å². The van der Waals surface area contributed by atoms with Crippen molar-refractivity contribution in [3.05, 3.63) is 22.4 Å². The van der Waals surface area contributed by atoms with Gasteiger partial charge in [0.2, 0.25) is 0 Å². The Hall–Kier alpha value is -0.110. The van der Waals surface area contributed by atoms with Crippen LogP contribution in [0.3, 0.4) is 0 Å². The maximum atomic E-state index is 8.73. The summed E-state index contributed by atoms with van der Waals surface area (Å²) in [6, 6.07) is 1.89. The number of rotatable bonds is 3. The number of thiophene rings is 1. The highest BCUT2D eigenvalue weighted by Gasteiger charge is 2.02. The van der Waals surface area contributed by atoms with Gasteiger partial charge >= 0.3 is 0 Å². The zero-order valence-corrected chi connectivity index (χ0v) is 7.36. The van der Waals surface area contributed by atoms with Crippen LogP contribution in [0.5, 0.6) is 0 Å². The van der Waals surface area contributed by atoms with E-state index in [1.165, 1.54) is 0 Å². The molecule has 0 aliphatic carbocycles. The molecular formula is C5H10N2O2S2. The second-order valence-corrected chi connectivity index (χ2v) is 4.30. The minimum Gasteiger partial charge on any atom is -0.273 e. The molecule has 1 rings (SSSR count). The Labute approximate surface area is 70.7 Å². The first-order valence-corrected chi connectivity index (χ1v) is 5.45. The summed E-state index contributed by atoms with van der Waals surface area (Å²) in [6.45, 7) is 0.391. The lowest BCUT2D eigenvalue weighted by molar-refractivity contribution is 0.471. The van der Waals surface area contributed by atoms with Crippen LogP contribution in [0.2, 0.25) is 0 Å². The van der Waals surface area contributed by atoms with Gasteiger partial charge in [-0.1, -0.05) is 11.0 Å². The molecule has 0 bridgehead atoms. The second-order valence-electron chi connectivity index (χ2n) is 2.05. The largest absolute Gasteiger partial charge is 0.273 e. The lowest BCUT2D eigenvalue weighted by atomic mass is 10.4. The summed E-state index contributed by atoms with van der Waals surface area (Å²) in [5.41, 5.74) is 1.00. The molecule has 0 aliphatic heterocycles. The van der Waals surface area contributed by atoms with Crippen LogP contribution in [0.1, 0.15) is 5.56 Å². The van der Waals surface area contributed by atoms with Gasteiger partial charge in [-0.05, 0) is 22.4 Å². The SMILES string of the molecule is NS(O)(O)NCc1ccsc1. The summed E-state index contributed by atoms with van der Waals surface area (Å²) in [7, 11) is -3.05. The fourth-order valence-electron chi connectivity index (χ4n) is 0.583. The monoisotopic (exact) mass is 194 g/mol. The molecule has 4 nitrogen and oxygen atoms in total. The van der Waals surface area contributed by atoms with Gasteiger partial charge in [0.25, 0.3) is 0 Å². The fourth-order valence-corrected chi connectivity index (χ4v) is 1.63. The van der Waals surface area contributed by atoms with Crippen LogP contribution in [0, 0.1) is 0 Å². The van der Waals surface area contributed by atoms with Crippen molar-refractivity contribution in [3.63, 3.8) is 0 Å². The highest BCUT2D eigenvalue weighted by molar-refractivity contribution is 8.20. The Morgan fingerprint density at radius 1 is 1.64 bits per heavy atom. The molecule has 0 amide bonds. The Morgan fingerprint density at radius 2 is 2.36 bits per heavy atom. The van der Waals surface area contributed by atoms with E-state index in [0.29, 0.717) is 6.54 Å². The summed E-state index contributed by atoms with van der Waals surface area (Å²) in [4.78, 5) is 0. The first kappa shape index (κ1) is 8.98. The molecule has 0 atom stereocenters. The van der Waals surface area contributed by atoms with Crippen molar-refractivity contribution in [1.29, 1.82) is 0 Å². The summed E-state index contributed by atoms with van der Waals surface area (Å²) in [5, 5.41) is 8.77. The number of nitrogens with two attached hydrogens (primary N) is 1. The third-order valence-corrected chi connectivity index (χ3v) is 2.37. The second kappa shape index (κ2) is 3.53. The Kier molecular flexibility index (Phi) is 2.88. The zero-order chi connectivity index (χ0) is 8.32. The quantitative estimate of drug-likeness (QED) is 0.586. The molecule has 1 aromatic heterocycles. The van der Waals surface area contributed by atoms with Gasteiger partial charge in [0.1, 0.15) is 0 Å². The zero-order valence-electron chi connectivity index (χ0n) is 5.73. The standard InChI is InChI=1S/C5H10N2O2S2/c6-11(8,9)7-3-5-1-2-10-4-5/h1-2,4,7-9H,3,6H2. The Bertz CT molecular complexity index is 207. The molecule has 1 heterocycles. The van der Waals surface area contributed by atoms with E-state index in [2.05, 4.69) is 4.72 Å². The average molecular weight is 194 g/mol. The van der Waals surface area contributed by atoms with Gasteiger partial charge in [-0.15, -0.1) is 0 Å². The highest BCUT2D eigenvalue weighted by Crippen LogP contribution is 2.22. The van der Waals surface area contributed by atoms with E-state index in [-0.39, 0.29) is 0 Å². The predicted octanol–water partition coefficient (Wildman–Crippen LogP) is 1.38. The molecule has 0 saturated heterocycles. The summed E-state index contributed by atoms with van der Waals surface area (Å²) in [5.74, 6) is 0. The van der Waals surface area contributed by atoms with Gasteiger partial charge in [-0.25, -0.2) is 9.86 Å². The molecule has 64 valence electrons. The molecule has 0 fully saturated rings. The third-order valence-electron chi connectivity index (χ3n) is 1.07. The molecule has 11 heavy (non-hydrogen) atoms. The van der Waals surface area contributed by atoms with Crippen LogP contribution in [0.4, 0.5) is 0 Å². The minimum atomic E-state index is -3.05. The van der Waals surface area contributed by atoms with Crippen LogP contribution in [0.25, 0.3) is 0 Å². The predicted molar refractivity (Wildman–Crippen MR) is 48.2 cm³/mol. The summed E-state index contributed by atoms with van der Waals surface area (Å²) in [6.07, 6.45) is 0. The summed E-state index contributed by atoms with van der Waals surface area (Å²) >= 11 is 1.56. The number of hydrogen-bond acceptors (Lipinski definition) is 5. The Morgan fingerprint density at radius 3 is 2.82 bits per heavy atom. The average Bonchev–Trinajstić information content (AvgIpc) is 2.32. The molecule has 0 unspecified atom stereocenters. The molecule has 0 aliphatic rings. The topological polar surface area (TPSA) is 78.5 Å². The van der Waals surface area contributed by atoms with E-state index >= 15 is 0 Å². The van der Waals surface area contributed by atoms with Gasteiger partial charge in [-0.3, -0.25) is 9.11 Å². The lowest BCUT2D eigenvalue weighted by Gasteiger charge is -2.26. The molecule has 0 radical (unpaired) electrons. The first-order valence-electron chi connectivity index (χ1n) is 2.89. The van der Waals surface area contributed by atoms with Gasteiger partial charge < -0.3 is 0 Å². The molecule has 1 aromatic rings. The maximum absolute atomic E-state index is 8.73. The van der Waals surface area contributed by atoms with Crippen LogP contribution < -0.4 is 9.86 Å². The van der Waals surface area contributed by atoms with Crippen molar-refractivity contribution in [2.24, 2.45) is 5.14 Å². The van der Waals surface area contributed by atoms with Crippen LogP contribution in [0.15, 0.2) is 16.8 Å². The van der Waals surface area contributed by atoms with Crippen molar-refractivity contribution in [2.75, 3.05) is 0 Å². The van der Waals surface area contributed by atoms with Crippen molar-refractivity contribution in [1.82, 2.24) is 4.72 Å². The Balaban J connectivity index is 2.35. The lowest BCUT2D eigenvalue weighted by Crippen LogP contribution is -2.25. The van der Waals surface area contributed by atoms with Crippen LogP contribution in [-0.2, 0) is 6.54 Å². The van der Waals surface area contributed by atoms with Crippen molar-refractivity contribution in [3.8, 4) is 0 Å². The van der Waals surface area contributed by atoms with Crippen LogP contribution in [-0.4, -0.2) is 9.11 Å². The van der Waals surface area contributed by atoms with Gasteiger partial charge in [-0.2, -0.15) is 11.3 Å². The van der Waals surface area contributed by atoms with E-state index in [1.807, 2.05) is 16.8 Å². The number of hydrogen-bond donors (Lipinski definition) is 4. The molecule has 6 heteroatoms. The smallest absolute Gasteiger partial charge is 0.0419 e. The minimum absolute atomic E-state index is 0.391. The first-order chi connectivity index (χ1) is 5.08. The van der Waals surface area contributed by atoms with Crippen molar-refractivity contribution in [2.45, 2.75) is 6.54 Å². The van der Waals surface area contributed by atoms with E-state index in [9.17, 15) is 0 Å². The fraction of sp³-hybridized carbons (Fsp3) is 0.200. The van der Waals surface area contributed by atoms with E-state index in [0.717, 1.165) is 5.56 Å². The van der Waals surface area contributed by atoms with Crippen molar-refractivity contribution < 1.29 is 9.11 Å². The third kappa shape index (κ3) is 3.71. The molecule has 0 aromatic carbocycles. The molecule has 0 saturated carbocycles.